The first-order valence-corrected chi connectivity index (χ1v) is 13.4. The third kappa shape index (κ3) is 10.7. The standard InChI is InChI=1S/C26H37NO17/c1-10(28)27-19-22(39-14(5)32)20(17(42-25(19)35)8-36-11(2)29)44-26-24(41-16(7)34)23(40-15(6)33)21(38-13(4)31)18(43-26)9-37-12(3)30/h17-26,35H,8-9H2,1-7H3,(H,27,28)/t17-,18+,19-,20-,21+,22+,23-,24-,25-,26-/m1/s1. The van der Waals surface area contributed by atoms with Crippen molar-refractivity contribution >= 4 is 41.7 Å². The van der Waals surface area contributed by atoms with E-state index in [2.05, 4.69) is 5.32 Å². The zero-order chi connectivity index (χ0) is 33.3. The Bertz CT molecular complexity index is 1090. The number of carbonyl (C=O) groups is 7. The summed E-state index contributed by atoms with van der Waals surface area (Å²) in [6.07, 6.45) is -14.2. The summed E-state index contributed by atoms with van der Waals surface area (Å²) >= 11 is 0. The van der Waals surface area contributed by atoms with Crippen LogP contribution in [0.4, 0.5) is 0 Å². The molecule has 18 heteroatoms. The molecule has 0 unspecified atom stereocenters. The number of aliphatic hydroxyl groups excluding tert-OH is 1. The van der Waals surface area contributed by atoms with E-state index in [9.17, 15) is 38.7 Å². The molecule has 0 aromatic heterocycles. The molecule has 44 heavy (non-hydrogen) atoms. The van der Waals surface area contributed by atoms with Crippen LogP contribution in [0.1, 0.15) is 48.5 Å². The van der Waals surface area contributed by atoms with Crippen molar-refractivity contribution < 1.29 is 81.3 Å². The number of hydrogen-bond acceptors (Lipinski definition) is 17. The molecule has 2 heterocycles. The van der Waals surface area contributed by atoms with Gasteiger partial charge in [0, 0.05) is 48.5 Å². The molecule has 2 saturated heterocycles. The van der Waals surface area contributed by atoms with Crippen molar-refractivity contribution in [1.29, 1.82) is 0 Å². The summed E-state index contributed by atoms with van der Waals surface area (Å²) in [5.74, 6) is -5.68. The Balaban J connectivity index is 2.66. The molecule has 18 nitrogen and oxygen atoms in total. The second-order valence-electron chi connectivity index (χ2n) is 9.84. The zero-order valence-corrected chi connectivity index (χ0v) is 25.2. The van der Waals surface area contributed by atoms with Crippen molar-refractivity contribution in [1.82, 2.24) is 5.32 Å². The molecule has 1 amide bonds. The zero-order valence-electron chi connectivity index (χ0n) is 25.2. The highest BCUT2D eigenvalue weighted by atomic mass is 16.8. The Kier molecular flexibility index (Phi) is 13.4. The van der Waals surface area contributed by atoms with Crippen LogP contribution >= 0.6 is 0 Å². The number of ether oxygens (including phenoxy) is 9. The maximum absolute atomic E-state index is 12.2. The number of amides is 1. The number of hydrogen-bond donors (Lipinski definition) is 2. The van der Waals surface area contributed by atoms with Crippen LogP contribution in [-0.2, 0) is 76.2 Å². The molecule has 2 N–H and O–H groups in total. The van der Waals surface area contributed by atoms with Crippen molar-refractivity contribution in [3.8, 4) is 0 Å². The Morgan fingerprint density at radius 1 is 0.568 bits per heavy atom. The third-order valence-corrected chi connectivity index (χ3v) is 6.03. The highest BCUT2D eigenvalue weighted by Crippen LogP contribution is 2.34. The quantitative estimate of drug-likeness (QED) is 0.188. The lowest BCUT2D eigenvalue weighted by molar-refractivity contribution is -0.347. The second kappa shape index (κ2) is 16.3. The molecule has 10 atom stereocenters. The summed E-state index contributed by atoms with van der Waals surface area (Å²) in [6, 6.07) is -1.43. The van der Waals surface area contributed by atoms with E-state index < -0.39 is 116 Å². The van der Waals surface area contributed by atoms with E-state index in [4.69, 9.17) is 42.6 Å². The van der Waals surface area contributed by atoms with Gasteiger partial charge in [-0.15, -0.1) is 0 Å². The van der Waals surface area contributed by atoms with Crippen molar-refractivity contribution in [3.05, 3.63) is 0 Å². The monoisotopic (exact) mass is 635 g/mol. The number of nitrogens with one attached hydrogen (secondary N) is 1. The molecule has 0 saturated carbocycles. The van der Waals surface area contributed by atoms with E-state index in [0.717, 1.165) is 48.5 Å². The van der Waals surface area contributed by atoms with Gasteiger partial charge in [0.05, 0.1) is 0 Å². The largest absolute Gasteiger partial charge is 0.463 e. The van der Waals surface area contributed by atoms with Crippen LogP contribution in [0.25, 0.3) is 0 Å². The van der Waals surface area contributed by atoms with Crippen LogP contribution in [0.15, 0.2) is 0 Å². The Morgan fingerprint density at radius 2 is 1.00 bits per heavy atom. The van der Waals surface area contributed by atoms with E-state index >= 15 is 0 Å². The maximum Gasteiger partial charge on any atom is 0.303 e. The SMILES string of the molecule is CC(=O)N[C@@H]1[C@H](OC(C)=O)[C@H](O[C@H]2O[C@@H](COC(C)=O)[C@H](OC(C)=O)[C@@H](OC(C)=O)[C@H]2OC(C)=O)[C@@H](COC(C)=O)O[C@H]1O. The predicted molar refractivity (Wildman–Crippen MR) is 138 cm³/mol. The van der Waals surface area contributed by atoms with E-state index in [0.29, 0.717) is 0 Å². The van der Waals surface area contributed by atoms with Gasteiger partial charge in [0.1, 0.15) is 37.6 Å². The Hall–Kier alpha value is -3.87. The van der Waals surface area contributed by atoms with Crippen LogP contribution in [0.3, 0.4) is 0 Å². The molecule has 2 rings (SSSR count). The average Bonchev–Trinajstić information content (AvgIpc) is 2.87. The van der Waals surface area contributed by atoms with Gasteiger partial charge < -0.3 is 53.1 Å². The topological polar surface area (TPSA) is 235 Å². The molecule has 0 aliphatic carbocycles. The number of aliphatic hydroxyl groups is 1. The molecule has 0 spiro atoms. The van der Waals surface area contributed by atoms with Crippen LogP contribution < -0.4 is 5.32 Å². The number of rotatable bonds is 11. The maximum atomic E-state index is 12.2. The van der Waals surface area contributed by atoms with Gasteiger partial charge in [-0.25, -0.2) is 0 Å². The normalized spacial score (nSPS) is 31.5. The smallest absolute Gasteiger partial charge is 0.303 e. The van der Waals surface area contributed by atoms with Gasteiger partial charge in [-0.2, -0.15) is 0 Å². The molecule has 0 radical (unpaired) electrons. The lowest BCUT2D eigenvalue weighted by Gasteiger charge is -2.48. The molecule has 2 aliphatic rings. The van der Waals surface area contributed by atoms with Gasteiger partial charge in [0.25, 0.3) is 0 Å². The molecule has 0 aromatic rings. The van der Waals surface area contributed by atoms with Crippen molar-refractivity contribution in [2.45, 2.75) is 110 Å². The van der Waals surface area contributed by atoms with Gasteiger partial charge >= 0.3 is 35.8 Å². The van der Waals surface area contributed by atoms with Gasteiger partial charge in [0.2, 0.25) is 5.91 Å². The van der Waals surface area contributed by atoms with Crippen LogP contribution in [0.5, 0.6) is 0 Å². The summed E-state index contributed by atoms with van der Waals surface area (Å²) in [5.41, 5.74) is 0. The molecule has 0 bridgehead atoms. The molecular formula is C26H37NO17. The second-order valence-corrected chi connectivity index (χ2v) is 9.84. The lowest BCUT2D eigenvalue weighted by Crippen LogP contribution is -2.68. The average molecular weight is 636 g/mol. The first-order chi connectivity index (χ1) is 20.5. The van der Waals surface area contributed by atoms with Gasteiger partial charge in [-0.05, 0) is 0 Å². The van der Waals surface area contributed by atoms with Gasteiger partial charge in [-0.1, -0.05) is 0 Å². The summed E-state index contributed by atoms with van der Waals surface area (Å²) in [6.45, 7) is 6.33. The summed E-state index contributed by atoms with van der Waals surface area (Å²) in [7, 11) is 0. The first-order valence-electron chi connectivity index (χ1n) is 13.4. The Labute approximate surface area is 251 Å². The highest BCUT2D eigenvalue weighted by molar-refractivity contribution is 5.73. The summed E-state index contributed by atoms with van der Waals surface area (Å²) < 4.78 is 49.2. The number of carbonyl (C=O) groups excluding carboxylic acids is 7. The van der Waals surface area contributed by atoms with E-state index in [1.54, 1.807) is 0 Å². The third-order valence-electron chi connectivity index (χ3n) is 6.03. The van der Waals surface area contributed by atoms with Gasteiger partial charge in [-0.3, -0.25) is 33.6 Å². The minimum Gasteiger partial charge on any atom is -0.463 e. The van der Waals surface area contributed by atoms with Crippen molar-refractivity contribution in [2.24, 2.45) is 0 Å². The van der Waals surface area contributed by atoms with Crippen molar-refractivity contribution in [2.75, 3.05) is 13.2 Å². The summed E-state index contributed by atoms with van der Waals surface area (Å²) in [4.78, 5) is 83.6. The predicted octanol–water partition coefficient (Wildman–Crippen LogP) is -1.83. The minimum absolute atomic E-state index is 0.559. The molecule has 0 aromatic carbocycles. The lowest BCUT2D eigenvalue weighted by atomic mass is 9.95. The Morgan fingerprint density at radius 3 is 1.45 bits per heavy atom. The van der Waals surface area contributed by atoms with Crippen LogP contribution in [0, 0.1) is 0 Å². The first kappa shape index (κ1) is 36.3. The minimum atomic E-state index is -1.79. The fourth-order valence-corrected chi connectivity index (χ4v) is 4.59. The van der Waals surface area contributed by atoms with Crippen LogP contribution in [-0.4, -0.2) is 121 Å². The van der Waals surface area contributed by atoms with Crippen molar-refractivity contribution in [3.63, 3.8) is 0 Å². The van der Waals surface area contributed by atoms with E-state index in [1.807, 2.05) is 0 Å². The number of esters is 6. The fraction of sp³-hybridized carbons (Fsp3) is 0.731. The van der Waals surface area contributed by atoms with E-state index in [-0.39, 0.29) is 0 Å². The molecular weight excluding hydrogens is 598 g/mol. The van der Waals surface area contributed by atoms with Crippen LogP contribution in [0.2, 0.25) is 0 Å². The summed E-state index contributed by atoms with van der Waals surface area (Å²) in [5, 5.41) is 13.1. The van der Waals surface area contributed by atoms with Gasteiger partial charge in [0.15, 0.2) is 37.0 Å². The fourth-order valence-electron chi connectivity index (χ4n) is 4.59. The van der Waals surface area contributed by atoms with E-state index in [1.165, 1.54) is 0 Å². The molecule has 248 valence electrons. The molecule has 2 fully saturated rings. The molecule has 2 aliphatic heterocycles. The highest BCUT2D eigenvalue weighted by Gasteiger charge is 2.56.